The van der Waals surface area contributed by atoms with E-state index in [-0.39, 0.29) is 0 Å². The third kappa shape index (κ3) is 5.63. The molecule has 0 unspecified atom stereocenters. The summed E-state index contributed by atoms with van der Waals surface area (Å²) in [5.41, 5.74) is 5.86. The van der Waals surface area contributed by atoms with Gasteiger partial charge in [0.25, 0.3) is 0 Å². The SMILES string of the molecule is CN[C@H]1CCc2cc(CN(Cc3ccc(OC)cc3)CC3CCOCC3)ccc2C1. The summed E-state index contributed by atoms with van der Waals surface area (Å²) in [6.45, 7) is 4.93. The Labute approximate surface area is 181 Å². The molecule has 1 N–H and O–H groups in total. The average molecular weight is 409 g/mol. The van der Waals surface area contributed by atoms with E-state index in [1.807, 2.05) is 0 Å². The number of hydrogen-bond donors (Lipinski definition) is 1. The lowest BCUT2D eigenvalue weighted by Crippen LogP contribution is -2.32. The highest BCUT2D eigenvalue weighted by atomic mass is 16.5. The van der Waals surface area contributed by atoms with Crippen molar-refractivity contribution in [3.05, 3.63) is 64.7 Å². The lowest BCUT2D eigenvalue weighted by Gasteiger charge is -2.30. The van der Waals surface area contributed by atoms with Crippen molar-refractivity contribution in [2.24, 2.45) is 5.92 Å². The second kappa shape index (κ2) is 10.4. The van der Waals surface area contributed by atoms with Crippen LogP contribution in [0.15, 0.2) is 42.5 Å². The largest absolute Gasteiger partial charge is 0.497 e. The summed E-state index contributed by atoms with van der Waals surface area (Å²) in [6.07, 6.45) is 5.94. The molecule has 2 aromatic carbocycles. The van der Waals surface area contributed by atoms with Crippen molar-refractivity contribution in [2.75, 3.05) is 33.9 Å². The van der Waals surface area contributed by atoms with Crippen LogP contribution in [-0.2, 0) is 30.7 Å². The first-order chi connectivity index (χ1) is 14.7. The van der Waals surface area contributed by atoms with Crippen LogP contribution in [0.1, 0.15) is 41.5 Å². The Morgan fingerprint density at radius 3 is 2.43 bits per heavy atom. The Kier molecular flexibility index (Phi) is 7.42. The van der Waals surface area contributed by atoms with E-state index < -0.39 is 0 Å². The van der Waals surface area contributed by atoms with Gasteiger partial charge in [0.2, 0.25) is 0 Å². The molecule has 1 aliphatic carbocycles. The van der Waals surface area contributed by atoms with Gasteiger partial charge < -0.3 is 14.8 Å². The van der Waals surface area contributed by atoms with Crippen LogP contribution >= 0.6 is 0 Å². The molecule has 2 aromatic rings. The maximum atomic E-state index is 5.59. The predicted octanol–water partition coefficient (Wildman–Crippen LogP) is 4.20. The minimum atomic E-state index is 0.628. The van der Waals surface area contributed by atoms with Crippen molar-refractivity contribution in [2.45, 2.75) is 51.2 Å². The number of hydrogen-bond acceptors (Lipinski definition) is 4. The second-order valence-corrected chi connectivity index (χ2v) is 8.90. The highest BCUT2D eigenvalue weighted by molar-refractivity contribution is 5.35. The van der Waals surface area contributed by atoms with Gasteiger partial charge in [-0.2, -0.15) is 0 Å². The maximum absolute atomic E-state index is 5.59. The van der Waals surface area contributed by atoms with Gasteiger partial charge in [-0.05, 0) is 79.5 Å². The smallest absolute Gasteiger partial charge is 0.118 e. The average Bonchev–Trinajstić information content (AvgIpc) is 2.80. The Balaban J connectivity index is 1.47. The first-order valence-corrected chi connectivity index (χ1v) is 11.4. The lowest BCUT2D eigenvalue weighted by atomic mass is 9.87. The third-order valence-electron chi connectivity index (χ3n) is 6.74. The zero-order valence-electron chi connectivity index (χ0n) is 18.5. The first kappa shape index (κ1) is 21.4. The Bertz CT molecular complexity index is 799. The highest BCUT2D eigenvalue weighted by Crippen LogP contribution is 2.25. The number of fused-ring (bicyclic) bond motifs is 1. The van der Waals surface area contributed by atoms with E-state index in [4.69, 9.17) is 9.47 Å². The number of nitrogens with zero attached hydrogens (tertiary/aromatic N) is 1. The zero-order valence-corrected chi connectivity index (χ0v) is 18.5. The highest BCUT2D eigenvalue weighted by Gasteiger charge is 2.20. The van der Waals surface area contributed by atoms with Gasteiger partial charge in [-0.15, -0.1) is 0 Å². The molecule has 1 fully saturated rings. The van der Waals surface area contributed by atoms with Crippen molar-refractivity contribution in [1.82, 2.24) is 10.2 Å². The van der Waals surface area contributed by atoms with Crippen molar-refractivity contribution >= 4 is 0 Å². The van der Waals surface area contributed by atoms with Crippen LogP contribution < -0.4 is 10.1 Å². The van der Waals surface area contributed by atoms with Crippen molar-refractivity contribution in [3.8, 4) is 5.75 Å². The molecular formula is C26H36N2O2. The normalized spacial score (nSPS) is 19.6. The number of likely N-dealkylation sites (N-methyl/N-ethyl adjacent to an activating group) is 1. The fourth-order valence-corrected chi connectivity index (χ4v) is 4.88. The molecule has 4 heteroatoms. The van der Waals surface area contributed by atoms with E-state index in [2.05, 4.69) is 59.7 Å². The standard InChI is InChI=1S/C26H36N2O2/c1-27-25-8-7-23-15-22(3-6-24(23)16-25)19-28(18-21-11-13-30-14-12-21)17-20-4-9-26(29-2)10-5-20/h3-6,9-10,15,21,25,27H,7-8,11-14,16-19H2,1-2H3/t25-/m0/s1. The molecule has 0 aromatic heterocycles. The molecule has 0 amide bonds. The first-order valence-electron chi connectivity index (χ1n) is 11.4. The zero-order chi connectivity index (χ0) is 20.8. The van der Waals surface area contributed by atoms with E-state index in [9.17, 15) is 0 Å². The van der Waals surface area contributed by atoms with Crippen molar-refractivity contribution in [1.29, 1.82) is 0 Å². The summed E-state index contributed by atoms with van der Waals surface area (Å²) in [7, 11) is 3.80. The summed E-state index contributed by atoms with van der Waals surface area (Å²) >= 11 is 0. The van der Waals surface area contributed by atoms with Gasteiger partial charge in [0.15, 0.2) is 0 Å². The van der Waals surface area contributed by atoms with Crippen LogP contribution in [0, 0.1) is 5.92 Å². The maximum Gasteiger partial charge on any atom is 0.118 e. The molecule has 4 rings (SSSR count). The molecule has 1 aliphatic heterocycles. The van der Waals surface area contributed by atoms with E-state index in [1.54, 1.807) is 12.7 Å². The van der Waals surface area contributed by atoms with Crippen LogP contribution in [0.5, 0.6) is 5.75 Å². The van der Waals surface area contributed by atoms with Crippen LogP contribution in [-0.4, -0.2) is 44.9 Å². The number of nitrogens with one attached hydrogen (secondary N) is 1. The van der Waals surface area contributed by atoms with Gasteiger partial charge in [0.05, 0.1) is 7.11 Å². The molecule has 0 spiro atoms. The number of aryl methyl sites for hydroxylation is 1. The fraction of sp³-hybridized carbons (Fsp3) is 0.538. The van der Waals surface area contributed by atoms with E-state index in [0.717, 1.165) is 50.9 Å². The quantitative estimate of drug-likeness (QED) is 0.710. The molecule has 4 nitrogen and oxygen atoms in total. The minimum absolute atomic E-state index is 0.628. The molecule has 30 heavy (non-hydrogen) atoms. The number of rotatable bonds is 8. The van der Waals surface area contributed by atoms with Crippen LogP contribution in [0.25, 0.3) is 0 Å². The monoisotopic (exact) mass is 408 g/mol. The fourth-order valence-electron chi connectivity index (χ4n) is 4.88. The Hall–Kier alpha value is -1.88. The molecule has 1 saturated heterocycles. The molecule has 2 aliphatic rings. The lowest BCUT2D eigenvalue weighted by molar-refractivity contribution is 0.0502. The number of methoxy groups -OCH3 is 1. The summed E-state index contributed by atoms with van der Waals surface area (Å²) in [5, 5.41) is 3.45. The predicted molar refractivity (Wildman–Crippen MR) is 122 cm³/mol. The molecular weight excluding hydrogens is 372 g/mol. The van der Waals surface area contributed by atoms with Gasteiger partial charge in [0, 0.05) is 38.9 Å². The molecule has 0 radical (unpaired) electrons. The van der Waals surface area contributed by atoms with Crippen LogP contribution in [0.3, 0.4) is 0 Å². The molecule has 162 valence electrons. The van der Waals surface area contributed by atoms with Gasteiger partial charge in [0.1, 0.15) is 5.75 Å². The van der Waals surface area contributed by atoms with Gasteiger partial charge >= 0.3 is 0 Å². The van der Waals surface area contributed by atoms with E-state index in [1.165, 1.54) is 42.4 Å². The van der Waals surface area contributed by atoms with Crippen LogP contribution in [0.4, 0.5) is 0 Å². The Morgan fingerprint density at radius 2 is 1.70 bits per heavy atom. The number of benzene rings is 2. The summed E-state index contributed by atoms with van der Waals surface area (Å²) < 4.78 is 10.9. The van der Waals surface area contributed by atoms with E-state index >= 15 is 0 Å². The summed E-state index contributed by atoms with van der Waals surface area (Å²) in [4.78, 5) is 2.62. The third-order valence-corrected chi connectivity index (χ3v) is 6.74. The van der Waals surface area contributed by atoms with Crippen molar-refractivity contribution < 1.29 is 9.47 Å². The topological polar surface area (TPSA) is 33.7 Å². The van der Waals surface area contributed by atoms with Crippen LogP contribution in [0.2, 0.25) is 0 Å². The second-order valence-electron chi connectivity index (χ2n) is 8.90. The molecule has 0 saturated carbocycles. The van der Waals surface area contributed by atoms with E-state index in [0.29, 0.717) is 6.04 Å². The Morgan fingerprint density at radius 1 is 0.967 bits per heavy atom. The molecule has 1 atom stereocenters. The van der Waals surface area contributed by atoms with Crippen molar-refractivity contribution in [3.63, 3.8) is 0 Å². The summed E-state index contributed by atoms with van der Waals surface area (Å²) in [5.74, 6) is 1.65. The summed E-state index contributed by atoms with van der Waals surface area (Å²) in [6, 6.07) is 16.3. The van der Waals surface area contributed by atoms with Gasteiger partial charge in [-0.1, -0.05) is 30.3 Å². The number of ether oxygens (including phenoxy) is 2. The molecule has 1 heterocycles. The minimum Gasteiger partial charge on any atom is -0.497 e. The van der Waals surface area contributed by atoms with Gasteiger partial charge in [-0.25, -0.2) is 0 Å². The molecule has 0 bridgehead atoms. The van der Waals surface area contributed by atoms with Gasteiger partial charge in [-0.3, -0.25) is 4.90 Å².